The molecule has 2 aromatic heterocycles. The Morgan fingerprint density at radius 1 is 0.718 bits per heavy atom. The molecule has 2 fully saturated rings. The normalized spacial score (nSPS) is 20.8. The van der Waals surface area contributed by atoms with Crippen molar-refractivity contribution in [2.24, 2.45) is 0 Å². The molecule has 2 aliphatic rings. The Bertz CT molecular complexity index is 2800. The lowest BCUT2D eigenvalue weighted by Gasteiger charge is -2.39. The highest BCUT2D eigenvalue weighted by Crippen LogP contribution is 2.49. The highest BCUT2D eigenvalue weighted by molar-refractivity contribution is 7.41. The van der Waals surface area contributed by atoms with E-state index >= 15 is 0 Å². The molecule has 5 aromatic rings. The fourth-order valence-corrected chi connectivity index (χ4v) is 10.7. The zero-order chi connectivity index (χ0) is 50.4. The molecule has 0 saturated carbocycles. The summed E-state index contributed by atoms with van der Waals surface area (Å²) in [5.74, 6) is 1.30. The molecule has 3 aromatic carbocycles. The lowest BCUT2D eigenvalue weighted by Crippen LogP contribution is -2.46. The van der Waals surface area contributed by atoms with E-state index < -0.39 is 81.9 Å². The molecule has 2 aliphatic heterocycles. The number of methoxy groups -OCH3 is 2. The zero-order valence-electron chi connectivity index (χ0n) is 41.5. The molecule has 0 spiro atoms. The second-order valence-corrected chi connectivity index (χ2v) is 24.8. The topological polar surface area (TPSA) is 217 Å². The monoisotopic (exact) mass is 1010 g/mol. The Balaban J connectivity index is 0.00000825. The first-order valence-corrected chi connectivity index (χ1v) is 27.1. The number of nitrogens with one attached hydrogen (secondary N) is 2. The van der Waals surface area contributed by atoms with E-state index in [4.69, 9.17) is 41.7 Å². The molecule has 0 amide bonds. The van der Waals surface area contributed by atoms with Crippen LogP contribution in [0.15, 0.2) is 110 Å². The van der Waals surface area contributed by atoms with Crippen LogP contribution >= 0.6 is 8.60 Å². The Hall–Kier alpha value is -5.46. The first kappa shape index (κ1) is 54.9. The van der Waals surface area contributed by atoms with Gasteiger partial charge in [0.1, 0.15) is 41.8 Å². The van der Waals surface area contributed by atoms with Gasteiger partial charge >= 0.3 is 20.0 Å². The van der Waals surface area contributed by atoms with Crippen molar-refractivity contribution < 1.29 is 41.7 Å². The van der Waals surface area contributed by atoms with Crippen molar-refractivity contribution >= 4 is 25.3 Å². The molecule has 2 saturated heterocycles. The molecular weight excluding hydrogens is 948 g/mol. The van der Waals surface area contributed by atoms with E-state index in [-0.39, 0.29) is 52.5 Å². The number of hydrogen-bond donors (Lipinski definition) is 2. The predicted molar refractivity (Wildman–Crippen MR) is 269 cm³/mol. The predicted octanol–water partition coefficient (Wildman–Crippen LogP) is 6.87. The first-order valence-electron chi connectivity index (χ1n) is 23.1. The molecule has 3 radical (unpaired) electrons. The number of aryl methyl sites for hydroxylation is 2. The minimum absolute atomic E-state index is 0. The number of nitriles is 1. The van der Waals surface area contributed by atoms with Crippen LogP contribution in [0.5, 0.6) is 11.5 Å². The number of nitrogens with zero attached hydrogens (tertiary/aromatic N) is 3. The molecule has 2 N–H and O–H groups in total. The Kier molecular flexibility index (Phi) is 18.1. The van der Waals surface area contributed by atoms with Crippen molar-refractivity contribution in [2.45, 2.75) is 114 Å². The minimum atomic E-state index is -2.42. The number of rotatable bonds is 20. The molecule has 0 bridgehead atoms. The van der Waals surface area contributed by atoms with Crippen molar-refractivity contribution in [3.05, 3.63) is 161 Å². The quantitative estimate of drug-likeness (QED) is 0.0352. The molecule has 377 valence electrons. The van der Waals surface area contributed by atoms with Crippen LogP contribution in [0.4, 0.5) is 0 Å². The molecular formula is C50H62BN5O13PSi. The molecule has 7 atom stereocenters. The van der Waals surface area contributed by atoms with Crippen LogP contribution < -0.4 is 32.0 Å². The second kappa shape index (κ2) is 23.4. The lowest BCUT2D eigenvalue weighted by atomic mass is 9.80. The van der Waals surface area contributed by atoms with Gasteiger partial charge in [-0.25, -0.2) is 9.59 Å². The maximum atomic E-state index is 13.4. The van der Waals surface area contributed by atoms with Crippen molar-refractivity contribution in [1.82, 2.24) is 19.1 Å². The Morgan fingerprint density at radius 3 is 1.68 bits per heavy atom. The molecule has 21 heteroatoms. The van der Waals surface area contributed by atoms with E-state index in [1.807, 2.05) is 78.9 Å². The highest BCUT2D eigenvalue weighted by Gasteiger charge is 2.47. The summed E-state index contributed by atoms with van der Waals surface area (Å²) in [6.07, 6.45) is -1.35. The fourth-order valence-electron chi connectivity index (χ4n) is 8.22. The Labute approximate surface area is 416 Å². The average molecular weight is 1010 g/mol. The number of benzene rings is 3. The number of aromatic amines is 2. The van der Waals surface area contributed by atoms with Gasteiger partial charge in [-0.3, -0.25) is 28.7 Å². The van der Waals surface area contributed by atoms with Crippen LogP contribution in [0.2, 0.25) is 18.1 Å². The lowest BCUT2D eigenvalue weighted by molar-refractivity contribution is -0.0939. The fraction of sp³-hybridized carbons (Fsp3) is 0.460. The summed E-state index contributed by atoms with van der Waals surface area (Å²) in [6, 6.07) is 27.0. The summed E-state index contributed by atoms with van der Waals surface area (Å²) in [7, 11) is -1.50. The molecule has 18 nitrogen and oxygen atoms in total. The van der Waals surface area contributed by atoms with Crippen LogP contribution in [-0.4, -0.2) is 94.3 Å². The third-order valence-electron chi connectivity index (χ3n) is 13.1. The molecule has 0 aliphatic carbocycles. The van der Waals surface area contributed by atoms with Gasteiger partial charge < -0.3 is 41.7 Å². The van der Waals surface area contributed by atoms with E-state index in [1.54, 1.807) is 28.1 Å². The second-order valence-electron chi connectivity index (χ2n) is 18.8. The smallest absolute Gasteiger partial charge is 0.333 e. The van der Waals surface area contributed by atoms with Crippen LogP contribution in [0.25, 0.3) is 0 Å². The number of ether oxygens (including phenoxy) is 5. The largest absolute Gasteiger partial charge is 0.497 e. The number of hydrogen-bond acceptors (Lipinski definition) is 14. The van der Waals surface area contributed by atoms with Gasteiger partial charge in [0.05, 0.1) is 58.7 Å². The van der Waals surface area contributed by atoms with Crippen molar-refractivity contribution in [3.63, 3.8) is 0 Å². The van der Waals surface area contributed by atoms with Gasteiger partial charge in [-0.05, 0) is 72.9 Å². The molecule has 71 heavy (non-hydrogen) atoms. The van der Waals surface area contributed by atoms with Gasteiger partial charge in [-0.1, -0.05) is 75.4 Å². The third kappa shape index (κ3) is 12.4. The SMILES string of the molecule is COc1ccc(C(OC[C@H]2O[C@@H](n3cc(C)c(=O)[nH]c3=O)C[C@@H]2O[P@](OCCC#N)OC[C@H]2O[C@@H](n3cc(C)c(=O)[nH]c3=O)C[C@@H]2O[Si](C)(C)C(C)(C)C)(c2ccccc2)c2ccc(OC)cc2)cc1.[B]. The van der Waals surface area contributed by atoms with Crippen LogP contribution in [0.3, 0.4) is 0 Å². The van der Waals surface area contributed by atoms with Crippen molar-refractivity contribution in [1.29, 1.82) is 5.26 Å². The maximum Gasteiger partial charge on any atom is 0.333 e. The summed E-state index contributed by atoms with van der Waals surface area (Å²) in [4.78, 5) is 56.0. The van der Waals surface area contributed by atoms with Gasteiger partial charge in [-0.15, -0.1) is 0 Å². The van der Waals surface area contributed by atoms with E-state index in [2.05, 4.69) is 49.9 Å². The summed E-state index contributed by atoms with van der Waals surface area (Å²) in [5, 5.41) is 9.37. The van der Waals surface area contributed by atoms with Gasteiger partial charge in [0.25, 0.3) is 11.1 Å². The number of aromatic nitrogens is 4. The molecule has 7 rings (SSSR count). The van der Waals surface area contributed by atoms with E-state index in [9.17, 15) is 24.4 Å². The van der Waals surface area contributed by atoms with Crippen molar-refractivity contribution in [3.8, 4) is 17.6 Å². The van der Waals surface area contributed by atoms with Crippen LogP contribution in [0.1, 0.15) is 80.3 Å². The summed E-state index contributed by atoms with van der Waals surface area (Å²) >= 11 is 0. The summed E-state index contributed by atoms with van der Waals surface area (Å²) < 4.78 is 60.6. The zero-order valence-corrected chi connectivity index (χ0v) is 43.4. The van der Waals surface area contributed by atoms with E-state index in [0.717, 1.165) is 16.7 Å². The van der Waals surface area contributed by atoms with Crippen LogP contribution in [0, 0.1) is 25.2 Å². The van der Waals surface area contributed by atoms with Crippen LogP contribution in [-0.2, 0) is 37.8 Å². The summed E-state index contributed by atoms with van der Waals surface area (Å²) in [6.45, 7) is 13.6. The first-order chi connectivity index (χ1) is 33.4. The Morgan fingerprint density at radius 2 is 1.20 bits per heavy atom. The maximum absolute atomic E-state index is 13.4. The standard InChI is InChI=1S/C50H62N5O13PSi.B/c1-32-28-54(47(58)52-45(32)56)43-26-39(41(65-43)30-62-50(34-14-11-10-12-15-34,35-16-20-37(60-6)21-17-35)36-18-22-38(61-7)23-19-36)67-69(63-25-13-24-51)64-31-42-40(68-70(8,9)49(3,4)5)27-44(66-42)55-29-33(2)46(57)53-48(55)59;/h10-12,14-23,28-29,39-44H,13,25-27,30-31H2,1-9H3,(H,52,56,58)(H,53,57,59);/t39-,40-,41+,42+,43+,44+,69+;/m0./s1. The van der Waals surface area contributed by atoms with Gasteiger partial charge in [-0.2, -0.15) is 5.26 Å². The summed E-state index contributed by atoms with van der Waals surface area (Å²) in [5.41, 5.74) is -0.534. The van der Waals surface area contributed by atoms with E-state index in [1.165, 1.54) is 21.5 Å². The molecule has 4 heterocycles. The minimum Gasteiger partial charge on any atom is -0.497 e. The van der Waals surface area contributed by atoms with Crippen molar-refractivity contribution in [2.75, 3.05) is 34.0 Å². The highest BCUT2D eigenvalue weighted by atomic mass is 31.2. The van der Waals surface area contributed by atoms with E-state index in [0.29, 0.717) is 22.6 Å². The van der Waals surface area contributed by atoms with Gasteiger partial charge in [0.2, 0.25) is 0 Å². The number of H-pyrrole nitrogens is 2. The third-order valence-corrected chi connectivity index (χ3v) is 18.8. The van der Waals surface area contributed by atoms with Gasteiger partial charge in [0, 0.05) is 44.8 Å². The average Bonchev–Trinajstić information content (AvgIpc) is 3.93. The molecule has 0 unspecified atom stereocenters. The van der Waals surface area contributed by atoms with Gasteiger partial charge in [0.15, 0.2) is 8.32 Å².